The highest BCUT2D eigenvalue weighted by Gasteiger charge is 2.15. The standard InChI is InChI=1S/C12H12N2O/c13-6-9-7-14-5-4-8-2-1-3-10(11(8)14)12(9)15/h1-3,7H,4-6,13H2. The Kier molecular flexibility index (Phi) is 1.70. The molecule has 15 heavy (non-hydrogen) atoms. The predicted molar refractivity (Wildman–Crippen MR) is 59.8 cm³/mol. The van der Waals surface area contributed by atoms with E-state index in [0.717, 1.165) is 23.9 Å². The summed E-state index contributed by atoms with van der Waals surface area (Å²) in [7, 11) is 0. The van der Waals surface area contributed by atoms with Crippen LogP contribution in [-0.2, 0) is 19.5 Å². The zero-order valence-corrected chi connectivity index (χ0v) is 8.36. The van der Waals surface area contributed by atoms with Crippen LogP contribution in [0.15, 0.2) is 29.2 Å². The second kappa shape index (κ2) is 2.94. The lowest BCUT2D eigenvalue weighted by molar-refractivity contribution is 0.757. The summed E-state index contributed by atoms with van der Waals surface area (Å²) in [6.45, 7) is 1.28. The van der Waals surface area contributed by atoms with Gasteiger partial charge in [0.1, 0.15) is 0 Å². The number of aryl methyl sites for hydroxylation is 2. The van der Waals surface area contributed by atoms with Gasteiger partial charge in [0.05, 0.1) is 5.52 Å². The van der Waals surface area contributed by atoms with Crippen molar-refractivity contribution in [2.45, 2.75) is 19.5 Å². The second-order valence-corrected chi connectivity index (χ2v) is 3.94. The molecule has 0 atom stereocenters. The fourth-order valence-corrected chi connectivity index (χ4v) is 2.36. The molecule has 2 N–H and O–H groups in total. The van der Waals surface area contributed by atoms with Gasteiger partial charge < -0.3 is 10.3 Å². The van der Waals surface area contributed by atoms with E-state index in [9.17, 15) is 4.79 Å². The Morgan fingerprint density at radius 3 is 3.07 bits per heavy atom. The summed E-state index contributed by atoms with van der Waals surface area (Å²) in [5, 5.41) is 0.813. The summed E-state index contributed by atoms with van der Waals surface area (Å²) in [5.74, 6) is 0. The van der Waals surface area contributed by atoms with Crippen LogP contribution in [0, 0.1) is 0 Å². The van der Waals surface area contributed by atoms with Crippen LogP contribution >= 0.6 is 0 Å². The van der Waals surface area contributed by atoms with Gasteiger partial charge in [-0.05, 0) is 18.1 Å². The van der Waals surface area contributed by atoms with Gasteiger partial charge in [0, 0.05) is 30.2 Å². The first-order valence-corrected chi connectivity index (χ1v) is 5.15. The summed E-state index contributed by atoms with van der Waals surface area (Å²) in [5.41, 5.74) is 8.74. The number of aromatic nitrogens is 1. The second-order valence-electron chi connectivity index (χ2n) is 3.94. The van der Waals surface area contributed by atoms with Gasteiger partial charge >= 0.3 is 0 Å². The molecule has 3 heteroatoms. The van der Waals surface area contributed by atoms with Crippen molar-refractivity contribution in [3.63, 3.8) is 0 Å². The molecule has 0 amide bonds. The van der Waals surface area contributed by atoms with Gasteiger partial charge in [0.15, 0.2) is 5.43 Å². The average molecular weight is 200 g/mol. The van der Waals surface area contributed by atoms with Gasteiger partial charge in [0.25, 0.3) is 0 Å². The molecule has 1 aliphatic heterocycles. The van der Waals surface area contributed by atoms with E-state index < -0.39 is 0 Å². The molecule has 3 rings (SSSR count). The van der Waals surface area contributed by atoms with Gasteiger partial charge in [0.2, 0.25) is 0 Å². The highest BCUT2D eigenvalue weighted by atomic mass is 16.1. The fourth-order valence-electron chi connectivity index (χ4n) is 2.36. The van der Waals surface area contributed by atoms with Crippen LogP contribution < -0.4 is 11.2 Å². The number of para-hydroxylation sites is 1. The highest BCUT2D eigenvalue weighted by molar-refractivity contribution is 5.84. The van der Waals surface area contributed by atoms with E-state index in [4.69, 9.17) is 5.73 Å². The van der Waals surface area contributed by atoms with Gasteiger partial charge in [-0.3, -0.25) is 4.79 Å². The van der Waals surface area contributed by atoms with Crippen LogP contribution in [0.25, 0.3) is 10.9 Å². The summed E-state index contributed by atoms with van der Waals surface area (Å²) in [4.78, 5) is 12.0. The van der Waals surface area contributed by atoms with Crippen LogP contribution in [0.2, 0.25) is 0 Å². The number of rotatable bonds is 1. The molecule has 0 unspecified atom stereocenters. The van der Waals surface area contributed by atoms with Crippen molar-refractivity contribution in [1.29, 1.82) is 0 Å². The van der Waals surface area contributed by atoms with Crippen molar-refractivity contribution >= 4 is 10.9 Å². The summed E-state index contributed by atoms with van der Waals surface area (Å²) in [6, 6.07) is 5.94. The van der Waals surface area contributed by atoms with Crippen molar-refractivity contribution in [3.8, 4) is 0 Å². The summed E-state index contributed by atoms with van der Waals surface area (Å²) in [6.07, 6.45) is 2.92. The van der Waals surface area contributed by atoms with E-state index in [1.807, 2.05) is 18.3 Å². The SMILES string of the molecule is NCc1cn2c3c(cccc3c1=O)CC2. The largest absolute Gasteiger partial charge is 0.346 e. The molecule has 0 fully saturated rings. The summed E-state index contributed by atoms with van der Waals surface area (Å²) >= 11 is 0. The lowest BCUT2D eigenvalue weighted by Gasteiger charge is -2.06. The zero-order chi connectivity index (χ0) is 10.4. The van der Waals surface area contributed by atoms with Gasteiger partial charge in [-0.2, -0.15) is 0 Å². The molecule has 0 bridgehead atoms. The Bertz CT molecular complexity index is 598. The highest BCUT2D eigenvalue weighted by Crippen LogP contribution is 2.23. The number of benzene rings is 1. The lowest BCUT2D eigenvalue weighted by Crippen LogP contribution is -2.16. The number of hydrogen-bond acceptors (Lipinski definition) is 2. The van der Waals surface area contributed by atoms with Gasteiger partial charge in [-0.25, -0.2) is 0 Å². The average Bonchev–Trinajstić information content (AvgIpc) is 2.68. The molecule has 0 saturated heterocycles. The van der Waals surface area contributed by atoms with Gasteiger partial charge in [-0.1, -0.05) is 12.1 Å². The molecule has 2 aromatic rings. The van der Waals surface area contributed by atoms with E-state index in [1.165, 1.54) is 5.56 Å². The first kappa shape index (κ1) is 8.68. The number of nitrogens with zero attached hydrogens (tertiary/aromatic N) is 1. The molecule has 1 aromatic heterocycles. The Labute approximate surface area is 87.1 Å². The third kappa shape index (κ3) is 1.07. The van der Waals surface area contributed by atoms with Crippen LogP contribution in [0.3, 0.4) is 0 Å². The smallest absolute Gasteiger partial charge is 0.193 e. The monoisotopic (exact) mass is 200 g/mol. The maximum absolute atomic E-state index is 12.0. The van der Waals surface area contributed by atoms with Crippen LogP contribution in [0.5, 0.6) is 0 Å². The molecule has 1 aliphatic rings. The van der Waals surface area contributed by atoms with E-state index in [0.29, 0.717) is 12.1 Å². The Morgan fingerprint density at radius 1 is 1.40 bits per heavy atom. The topological polar surface area (TPSA) is 48.0 Å². The number of pyridine rings is 1. The van der Waals surface area contributed by atoms with Crippen molar-refractivity contribution in [2.75, 3.05) is 0 Å². The minimum absolute atomic E-state index is 0.0903. The van der Waals surface area contributed by atoms with Crippen LogP contribution in [-0.4, -0.2) is 4.57 Å². The molecule has 2 heterocycles. The molecule has 0 saturated carbocycles. The molecule has 0 spiro atoms. The number of hydrogen-bond donors (Lipinski definition) is 1. The molecule has 3 nitrogen and oxygen atoms in total. The van der Waals surface area contributed by atoms with E-state index in [2.05, 4.69) is 10.6 Å². The zero-order valence-electron chi connectivity index (χ0n) is 8.36. The van der Waals surface area contributed by atoms with E-state index in [-0.39, 0.29) is 5.43 Å². The van der Waals surface area contributed by atoms with E-state index >= 15 is 0 Å². The minimum atomic E-state index is 0.0903. The normalized spacial score (nSPS) is 13.7. The molecule has 1 aromatic carbocycles. The molecule has 76 valence electrons. The molecular formula is C12H12N2O. The van der Waals surface area contributed by atoms with Crippen molar-refractivity contribution in [3.05, 3.63) is 45.7 Å². The number of nitrogens with two attached hydrogens (primary N) is 1. The van der Waals surface area contributed by atoms with Crippen molar-refractivity contribution < 1.29 is 0 Å². The third-order valence-corrected chi connectivity index (χ3v) is 3.10. The molecule has 0 aliphatic carbocycles. The van der Waals surface area contributed by atoms with Crippen LogP contribution in [0.1, 0.15) is 11.1 Å². The van der Waals surface area contributed by atoms with E-state index in [1.54, 1.807) is 0 Å². The maximum Gasteiger partial charge on any atom is 0.193 e. The predicted octanol–water partition coefficient (Wildman–Crippen LogP) is 1.02. The molecular weight excluding hydrogens is 188 g/mol. The summed E-state index contributed by atoms with van der Waals surface area (Å²) < 4.78 is 2.15. The Hall–Kier alpha value is -1.61. The van der Waals surface area contributed by atoms with Crippen molar-refractivity contribution in [1.82, 2.24) is 4.57 Å². The first-order chi connectivity index (χ1) is 7.31. The molecule has 0 radical (unpaired) electrons. The van der Waals surface area contributed by atoms with Gasteiger partial charge in [-0.15, -0.1) is 0 Å². The van der Waals surface area contributed by atoms with Crippen molar-refractivity contribution in [2.24, 2.45) is 5.73 Å². The Morgan fingerprint density at radius 2 is 2.27 bits per heavy atom. The maximum atomic E-state index is 12.0. The minimum Gasteiger partial charge on any atom is -0.346 e. The first-order valence-electron chi connectivity index (χ1n) is 5.15. The fraction of sp³-hybridized carbons (Fsp3) is 0.250. The Balaban J connectivity index is 2.54. The quantitative estimate of drug-likeness (QED) is 0.747. The third-order valence-electron chi connectivity index (χ3n) is 3.10. The van der Waals surface area contributed by atoms with Crippen LogP contribution in [0.4, 0.5) is 0 Å². The lowest BCUT2D eigenvalue weighted by atomic mass is 10.1.